The maximum atomic E-state index is 9.76. The van der Waals surface area contributed by atoms with E-state index in [2.05, 4.69) is 5.32 Å². The van der Waals surface area contributed by atoms with Crippen molar-refractivity contribution in [3.05, 3.63) is 47.5 Å². The molecule has 2 N–H and O–H groups in total. The lowest BCUT2D eigenvalue weighted by Gasteiger charge is -2.10. The minimum atomic E-state index is 0.171. The summed E-state index contributed by atoms with van der Waals surface area (Å²) in [5.41, 5.74) is 2.18. The van der Waals surface area contributed by atoms with Gasteiger partial charge in [-0.3, -0.25) is 0 Å². The summed E-state index contributed by atoms with van der Waals surface area (Å²) in [5, 5.41) is 13.1. The zero-order valence-corrected chi connectivity index (χ0v) is 13.8. The molecule has 0 aliphatic rings. The van der Waals surface area contributed by atoms with Crippen LogP contribution in [0.3, 0.4) is 0 Å². The quantitative estimate of drug-likeness (QED) is 0.733. The molecule has 124 valence electrons. The number of benzene rings is 2. The molecule has 2 aromatic carbocycles. The Kier molecular flexibility index (Phi) is 6.11. The standard InChI is InChI=1S/C18H23NO4/c1-21-16-6-4-13(10-15(16)20)8-9-19-12-14-5-7-17(22-2)18(11-14)23-3/h4-7,10-11,19-20H,8-9,12H2,1-3H3. The topological polar surface area (TPSA) is 60.0 Å². The highest BCUT2D eigenvalue weighted by Gasteiger charge is 2.05. The molecule has 0 saturated carbocycles. The van der Waals surface area contributed by atoms with Crippen molar-refractivity contribution in [1.82, 2.24) is 5.32 Å². The second kappa shape index (κ2) is 8.29. The number of phenolic OH excluding ortho intramolecular Hbond substituents is 1. The van der Waals surface area contributed by atoms with Crippen LogP contribution in [0.1, 0.15) is 11.1 Å². The summed E-state index contributed by atoms with van der Waals surface area (Å²) < 4.78 is 15.6. The van der Waals surface area contributed by atoms with E-state index in [-0.39, 0.29) is 5.75 Å². The van der Waals surface area contributed by atoms with Crippen molar-refractivity contribution in [2.24, 2.45) is 0 Å². The molecule has 23 heavy (non-hydrogen) atoms. The van der Waals surface area contributed by atoms with Crippen LogP contribution in [0.2, 0.25) is 0 Å². The number of methoxy groups -OCH3 is 3. The first-order valence-corrected chi connectivity index (χ1v) is 7.45. The molecule has 0 saturated heterocycles. The van der Waals surface area contributed by atoms with Crippen molar-refractivity contribution in [2.45, 2.75) is 13.0 Å². The van der Waals surface area contributed by atoms with Crippen LogP contribution in [-0.2, 0) is 13.0 Å². The minimum Gasteiger partial charge on any atom is -0.504 e. The Labute approximate surface area is 136 Å². The third-order valence-electron chi connectivity index (χ3n) is 3.61. The fraction of sp³-hybridized carbons (Fsp3) is 0.333. The van der Waals surface area contributed by atoms with E-state index in [0.29, 0.717) is 5.75 Å². The highest BCUT2D eigenvalue weighted by Crippen LogP contribution is 2.28. The Hall–Kier alpha value is -2.40. The summed E-state index contributed by atoms with van der Waals surface area (Å²) in [5.74, 6) is 2.12. The van der Waals surface area contributed by atoms with Crippen molar-refractivity contribution in [3.8, 4) is 23.0 Å². The van der Waals surface area contributed by atoms with Crippen LogP contribution in [0.15, 0.2) is 36.4 Å². The normalized spacial score (nSPS) is 10.4. The third-order valence-corrected chi connectivity index (χ3v) is 3.61. The average molecular weight is 317 g/mol. The number of ether oxygens (including phenoxy) is 3. The molecule has 2 rings (SSSR count). The van der Waals surface area contributed by atoms with E-state index in [0.717, 1.165) is 42.1 Å². The molecule has 0 amide bonds. The molecule has 0 fully saturated rings. The van der Waals surface area contributed by atoms with Crippen LogP contribution >= 0.6 is 0 Å². The lowest BCUT2D eigenvalue weighted by molar-refractivity contribution is 0.354. The maximum absolute atomic E-state index is 9.76. The van der Waals surface area contributed by atoms with Gasteiger partial charge in [-0.05, 0) is 48.4 Å². The maximum Gasteiger partial charge on any atom is 0.161 e. The van der Waals surface area contributed by atoms with E-state index in [9.17, 15) is 5.11 Å². The van der Waals surface area contributed by atoms with Gasteiger partial charge in [0.1, 0.15) is 0 Å². The van der Waals surface area contributed by atoms with Crippen LogP contribution in [0, 0.1) is 0 Å². The SMILES string of the molecule is COc1ccc(CCNCc2ccc(OC)c(OC)c2)cc1O. The lowest BCUT2D eigenvalue weighted by Crippen LogP contribution is -2.16. The average Bonchev–Trinajstić information content (AvgIpc) is 2.58. The van der Waals surface area contributed by atoms with E-state index in [4.69, 9.17) is 14.2 Å². The summed E-state index contributed by atoms with van der Waals surface area (Å²) in [4.78, 5) is 0. The summed E-state index contributed by atoms with van der Waals surface area (Å²) in [6.07, 6.45) is 0.824. The molecule has 5 heteroatoms. The molecule has 0 spiro atoms. The Morgan fingerprint density at radius 1 is 0.826 bits per heavy atom. The van der Waals surface area contributed by atoms with Gasteiger partial charge in [0, 0.05) is 6.54 Å². The van der Waals surface area contributed by atoms with Gasteiger partial charge in [-0.1, -0.05) is 12.1 Å². The fourth-order valence-corrected chi connectivity index (χ4v) is 2.35. The molecule has 0 unspecified atom stereocenters. The first-order chi connectivity index (χ1) is 11.2. The van der Waals surface area contributed by atoms with Crippen molar-refractivity contribution in [1.29, 1.82) is 0 Å². The second-order valence-corrected chi connectivity index (χ2v) is 5.12. The number of hydrogen-bond acceptors (Lipinski definition) is 5. The van der Waals surface area contributed by atoms with Gasteiger partial charge in [0.2, 0.25) is 0 Å². The van der Waals surface area contributed by atoms with E-state index in [1.54, 1.807) is 33.5 Å². The highest BCUT2D eigenvalue weighted by atomic mass is 16.5. The number of nitrogens with one attached hydrogen (secondary N) is 1. The molecular weight excluding hydrogens is 294 g/mol. The monoisotopic (exact) mass is 317 g/mol. The first kappa shape index (κ1) is 17.0. The Bertz CT molecular complexity index is 643. The minimum absolute atomic E-state index is 0.171. The predicted octanol–water partition coefficient (Wildman–Crippen LogP) is 2.75. The van der Waals surface area contributed by atoms with Crippen LogP contribution < -0.4 is 19.5 Å². The summed E-state index contributed by atoms with van der Waals surface area (Å²) in [7, 11) is 4.80. The molecule has 5 nitrogen and oxygen atoms in total. The van der Waals surface area contributed by atoms with E-state index >= 15 is 0 Å². The lowest BCUT2D eigenvalue weighted by atomic mass is 10.1. The number of phenols is 1. The van der Waals surface area contributed by atoms with E-state index in [1.807, 2.05) is 24.3 Å². The molecule has 0 radical (unpaired) electrons. The van der Waals surface area contributed by atoms with Crippen molar-refractivity contribution in [3.63, 3.8) is 0 Å². The van der Waals surface area contributed by atoms with Gasteiger partial charge >= 0.3 is 0 Å². The summed E-state index contributed by atoms with van der Waals surface area (Å²) in [6, 6.07) is 11.3. The Morgan fingerprint density at radius 2 is 1.48 bits per heavy atom. The van der Waals surface area contributed by atoms with Gasteiger partial charge in [-0.25, -0.2) is 0 Å². The fourth-order valence-electron chi connectivity index (χ4n) is 2.35. The molecule has 0 aliphatic heterocycles. The van der Waals surface area contributed by atoms with Gasteiger partial charge in [0.15, 0.2) is 23.0 Å². The van der Waals surface area contributed by atoms with Crippen molar-refractivity contribution < 1.29 is 19.3 Å². The van der Waals surface area contributed by atoms with Gasteiger partial charge < -0.3 is 24.6 Å². The highest BCUT2D eigenvalue weighted by molar-refractivity contribution is 5.43. The van der Waals surface area contributed by atoms with Crippen molar-refractivity contribution in [2.75, 3.05) is 27.9 Å². The molecule has 0 aliphatic carbocycles. The largest absolute Gasteiger partial charge is 0.504 e. The van der Waals surface area contributed by atoms with Crippen molar-refractivity contribution >= 4 is 0 Å². The van der Waals surface area contributed by atoms with E-state index < -0.39 is 0 Å². The number of rotatable bonds is 8. The molecule has 0 heterocycles. The molecular formula is C18H23NO4. The van der Waals surface area contributed by atoms with Crippen LogP contribution in [0.25, 0.3) is 0 Å². The number of aromatic hydroxyl groups is 1. The molecule has 0 atom stereocenters. The van der Waals surface area contributed by atoms with Gasteiger partial charge in [0.25, 0.3) is 0 Å². The summed E-state index contributed by atoms with van der Waals surface area (Å²) in [6.45, 7) is 1.54. The molecule has 2 aromatic rings. The van der Waals surface area contributed by atoms with Crippen LogP contribution in [0.5, 0.6) is 23.0 Å². The summed E-state index contributed by atoms with van der Waals surface area (Å²) >= 11 is 0. The van der Waals surface area contributed by atoms with Gasteiger partial charge in [-0.2, -0.15) is 0 Å². The second-order valence-electron chi connectivity index (χ2n) is 5.12. The number of hydrogen-bond donors (Lipinski definition) is 2. The first-order valence-electron chi connectivity index (χ1n) is 7.45. The zero-order valence-electron chi connectivity index (χ0n) is 13.8. The smallest absolute Gasteiger partial charge is 0.161 e. The van der Waals surface area contributed by atoms with E-state index in [1.165, 1.54) is 0 Å². The third kappa shape index (κ3) is 4.53. The predicted molar refractivity (Wildman–Crippen MR) is 89.6 cm³/mol. The molecule has 0 bridgehead atoms. The van der Waals surface area contributed by atoms with Gasteiger partial charge in [0.05, 0.1) is 21.3 Å². The Balaban J connectivity index is 1.84. The van der Waals surface area contributed by atoms with Gasteiger partial charge in [-0.15, -0.1) is 0 Å². The Morgan fingerprint density at radius 3 is 2.13 bits per heavy atom. The zero-order chi connectivity index (χ0) is 16.7. The van der Waals surface area contributed by atoms with Crippen LogP contribution in [-0.4, -0.2) is 33.0 Å². The molecule has 0 aromatic heterocycles. The van der Waals surface area contributed by atoms with Crippen LogP contribution in [0.4, 0.5) is 0 Å².